The van der Waals surface area contributed by atoms with Crippen LogP contribution in [0.25, 0.3) is 0 Å². The van der Waals surface area contributed by atoms with Gasteiger partial charge in [-0.25, -0.2) is 0 Å². The maximum Gasteiger partial charge on any atom is 0.0106 e. The van der Waals surface area contributed by atoms with Gasteiger partial charge >= 0.3 is 0 Å². The molecule has 0 radical (unpaired) electrons. The monoisotopic (exact) mass is 207 g/mol. The van der Waals surface area contributed by atoms with Crippen molar-refractivity contribution >= 4 is 0 Å². The topological polar surface area (TPSA) is 4.93 Å². The second-order valence-corrected chi connectivity index (χ2v) is 4.59. The van der Waals surface area contributed by atoms with Crippen molar-refractivity contribution in [1.82, 2.24) is 4.57 Å². The Morgan fingerprint density at radius 3 is 2.13 bits per heavy atom. The molecule has 1 rings (SSSR count). The lowest BCUT2D eigenvalue weighted by atomic mass is 9.91. The predicted octanol–water partition coefficient (Wildman–Crippen LogP) is 4.49. The summed E-state index contributed by atoms with van der Waals surface area (Å²) in [4.78, 5) is 0. The first-order valence-corrected chi connectivity index (χ1v) is 6.39. The normalized spacial score (nSPS) is 11.2. The lowest BCUT2D eigenvalue weighted by Crippen LogP contribution is -1.98. The molecule has 0 atom stereocenters. The van der Waals surface area contributed by atoms with Gasteiger partial charge in [-0.1, -0.05) is 39.5 Å². The average Bonchev–Trinajstić information content (AvgIpc) is 2.65. The molecule has 0 amide bonds. The smallest absolute Gasteiger partial charge is 0.0106 e. The fourth-order valence-corrected chi connectivity index (χ4v) is 2.15. The number of nitrogens with zero attached hydrogens (tertiary/aromatic N) is 1. The average molecular weight is 207 g/mol. The molecule has 0 aliphatic rings. The lowest BCUT2D eigenvalue weighted by Gasteiger charge is -2.14. The molecule has 0 saturated heterocycles. The van der Waals surface area contributed by atoms with Crippen LogP contribution in [0.5, 0.6) is 0 Å². The summed E-state index contributed by atoms with van der Waals surface area (Å²) in [6.07, 6.45) is 12.5. The fraction of sp³-hybridized carbons (Fsp3) is 0.714. The van der Waals surface area contributed by atoms with Gasteiger partial charge in [0, 0.05) is 19.4 Å². The molecule has 15 heavy (non-hydrogen) atoms. The first kappa shape index (κ1) is 12.4. The van der Waals surface area contributed by atoms with Gasteiger partial charge in [0.05, 0.1) is 0 Å². The summed E-state index contributed by atoms with van der Waals surface area (Å²) in [5.41, 5.74) is 1.54. The van der Waals surface area contributed by atoms with E-state index in [1.54, 1.807) is 5.56 Å². The van der Waals surface area contributed by atoms with Crippen molar-refractivity contribution in [3.63, 3.8) is 0 Å². The van der Waals surface area contributed by atoms with Gasteiger partial charge in [0.15, 0.2) is 0 Å². The molecule has 1 nitrogen and oxygen atoms in total. The van der Waals surface area contributed by atoms with E-state index in [1.165, 1.54) is 38.5 Å². The number of hydrogen-bond donors (Lipinski definition) is 0. The number of aryl methyl sites for hydroxylation is 1. The third-order valence-electron chi connectivity index (χ3n) is 3.14. The minimum atomic E-state index is 0.797. The van der Waals surface area contributed by atoms with Gasteiger partial charge in [-0.05, 0) is 30.4 Å². The highest BCUT2D eigenvalue weighted by Crippen LogP contribution is 2.27. The van der Waals surface area contributed by atoms with Crippen molar-refractivity contribution < 1.29 is 0 Å². The Labute approximate surface area is 94.5 Å². The highest BCUT2D eigenvalue weighted by Gasteiger charge is 2.11. The molecule has 0 aliphatic heterocycles. The van der Waals surface area contributed by atoms with Gasteiger partial charge < -0.3 is 4.57 Å². The molecular weight excluding hydrogens is 182 g/mol. The summed E-state index contributed by atoms with van der Waals surface area (Å²) in [7, 11) is 2.11. The first-order valence-electron chi connectivity index (χ1n) is 6.39. The second-order valence-electron chi connectivity index (χ2n) is 4.59. The summed E-state index contributed by atoms with van der Waals surface area (Å²) >= 11 is 0. The third kappa shape index (κ3) is 4.11. The van der Waals surface area contributed by atoms with Crippen LogP contribution in [0.3, 0.4) is 0 Å². The molecular formula is C14H25N. The van der Waals surface area contributed by atoms with E-state index in [0.717, 1.165) is 5.92 Å². The van der Waals surface area contributed by atoms with Crippen LogP contribution in [0, 0.1) is 0 Å². The van der Waals surface area contributed by atoms with Crippen LogP contribution in [0.2, 0.25) is 0 Å². The zero-order valence-corrected chi connectivity index (χ0v) is 10.5. The molecule has 1 heteroatoms. The third-order valence-corrected chi connectivity index (χ3v) is 3.14. The van der Waals surface area contributed by atoms with E-state index in [1.807, 2.05) is 0 Å². The van der Waals surface area contributed by atoms with Gasteiger partial charge in [0.25, 0.3) is 0 Å². The molecule has 1 aromatic heterocycles. The maximum absolute atomic E-state index is 2.29. The molecule has 1 heterocycles. The SMILES string of the molecule is CCCCC(CCCC)c1ccn(C)c1. The van der Waals surface area contributed by atoms with Crippen molar-refractivity contribution in [2.75, 3.05) is 0 Å². The Hall–Kier alpha value is -0.720. The summed E-state index contributed by atoms with van der Waals surface area (Å²) in [6.45, 7) is 4.56. The summed E-state index contributed by atoms with van der Waals surface area (Å²) < 4.78 is 2.17. The first-order chi connectivity index (χ1) is 7.27. The largest absolute Gasteiger partial charge is 0.357 e. The number of aromatic nitrogens is 1. The minimum absolute atomic E-state index is 0.797. The van der Waals surface area contributed by atoms with Gasteiger partial charge in [-0.15, -0.1) is 0 Å². The van der Waals surface area contributed by atoms with Crippen LogP contribution in [0.4, 0.5) is 0 Å². The molecule has 0 N–H and O–H groups in total. The Morgan fingerprint density at radius 1 is 1.13 bits per heavy atom. The van der Waals surface area contributed by atoms with Gasteiger partial charge in [0.2, 0.25) is 0 Å². The van der Waals surface area contributed by atoms with Crippen LogP contribution in [0.15, 0.2) is 18.5 Å². The summed E-state index contributed by atoms with van der Waals surface area (Å²) in [5.74, 6) is 0.797. The predicted molar refractivity (Wildman–Crippen MR) is 67.2 cm³/mol. The van der Waals surface area contributed by atoms with E-state index >= 15 is 0 Å². The number of hydrogen-bond acceptors (Lipinski definition) is 0. The Morgan fingerprint density at radius 2 is 1.73 bits per heavy atom. The lowest BCUT2D eigenvalue weighted by molar-refractivity contribution is 0.524. The molecule has 0 saturated carbocycles. The molecule has 0 bridgehead atoms. The number of unbranched alkanes of at least 4 members (excludes halogenated alkanes) is 2. The Kier molecular flexibility index (Phi) is 5.52. The van der Waals surface area contributed by atoms with Crippen LogP contribution < -0.4 is 0 Å². The van der Waals surface area contributed by atoms with Crippen molar-refractivity contribution in [3.05, 3.63) is 24.0 Å². The summed E-state index contributed by atoms with van der Waals surface area (Å²) in [6, 6.07) is 2.29. The van der Waals surface area contributed by atoms with E-state index in [4.69, 9.17) is 0 Å². The van der Waals surface area contributed by atoms with Crippen molar-refractivity contribution in [2.45, 2.75) is 58.3 Å². The summed E-state index contributed by atoms with van der Waals surface area (Å²) in [5, 5.41) is 0. The molecule has 0 fully saturated rings. The molecule has 0 aliphatic carbocycles. The van der Waals surface area contributed by atoms with Crippen LogP contribution in [-0.4, -0.2) is 4.57 Å². The van der Waals surface area contributed by atoms with E-state index in [9.17, 15) is 0 Å². The fourth-order valence-electron chi connectivity index (χ4n) is 2.15. The van der Waals surface area contributed by atoms with E-state index < -0.39 is 0 Å². The van der Waals surface area contributed by atoms with E-state index in [0.29, 0.717) is 0 Å². The second kappa shape index (κ2) is 6.71. The minimum Gasteiger partial charge on any atom is -0.357 e. The number of rotatable bonds is 7. The zero-order valence-electron chi connectivity index (χ0n) is 10.5. The Bertz CT molecular complexity index is 254. The van der Waals surface area contributed by atoms with E-state index in [-0.39, 0.29) is 0 Å². The van der Waals surface area contributed by atoms with Crippen molar-refractivity contribution in [3.8, 4) is 0 Å². The van der Waals surface area contributed by atoms with Gasteiger partial charge in [-0.3, -0.25) is 0 Å². The van der Waals surface area contributed by atoms with Crippen LogP contribution >= 0.6 is 0 Å². The van der Waals surface area contributed by atoms with Crippen LogP contribution in [0.1, 0.15) is 63.9 Å². The molecule has 86 valence electrons. The van der Waals surface area contributed by atoms with Crippen molar-refractivity contribution in [1.29, 1.82) is 0 Å². The van der Waals surface area contributed by atoms with E-state index in [2.05, 4.69) is 43.9 Å². The molecule has 0 aromatic carbocycles. The standard InChI is InChI=1S/C14H25N/c1-4-6-8-13(9-7-5-2)14-10-11-15(3)12-14/h10-13H,4-9H2,1-3H3. The molecule has 0 unspecified atom stereocenters. The van der Waals surface area contributed by atoms with Gasteiger partial charge in [0.1, 0.15) is 0 Å². The maximum atomic E-state index is 2.29. The highest BCUT2D eigenvalue weighted by molar-refractivity contribution is 5.15. The molecule has 1 aromatic rings. The van der Waals surface area contributed by atoms with Crippen molar-refractivity contribution in [2.24, 2.45) is 7.05 Å². The van der Waals surface area contributed by atoms with Crippen LogP contribution in [-0.2, 0) is 7.05 Å². The van der Waals surface area contributed by atoms with Gasteiger partial charge in [-0.2, -0.15) is 0 Å². The molecule has 0 spiro atoms. The highest BCUT2D eigenvalue weighted by atomic mass is 14.9. The Balaban J connectivity index is 2.54. The quantitative estimate of drug-likeness (QED) is 0.621. The zero-order chi connectivity index (χ0) is 11.1.